The lowest BCUT2D eigenvalue weighted by Gasteiger charge is -2.27. The lowest BCUT2D eigenvalue weighted by Crippen LogP contribution is -2.38. The molecule has 0 bridgehead atoms. The maximum atomic E-state index is 13.6. The van der Waals surface area contributed by atoms with Crippen molar-refractivity contribution < 1.29 is 17.6 Å². The predicted molar refractivity (Wildman–Crippen MR) is 112 cm³/mol. The summed E-state index contributed by atoms with van der Waals surface area (Å²) in [5.74, 6) is 0.493. The van der Waals surface area contributed by atoms with Gasteiger partial charge in [0, 0.05) is 36.2 Å². The maximum absolute atomic E-state index is 13.6. The fourth-order valence-electron chi connectivity index (χ4n) is 3.26. The van der Waals surface area contributed by atoms with E-state index in [1.807, 2.05) is 0 Å². The summed E-state index contributed by atoms with van der Waals surface area (Å²) in [6.45, 7) is 1.08. The number of rotatable bonds is 3. The summed E-state index contributed by atoms with van der Waals surface area (Å²) in [5, 5.41) is 0.0375. The summed E-state index contributed by atoms with van der Waals surface area (Å²) >= 11 is 7.57. The molecule has 1 fully saturated rings. The average molecular weight is 451 g/mol. The van der Waals surface area contributed by atoms with E-state index in [1.54, 1.807) is 40.9 Å². The molecular weight excluding hydrogens is 435 g/mol. The largest absolute Gasteiger partial charge is 0.337 e. The van der Waals surface area contributed by atoms with Crippen LogP contribution in [-0.2, 0) is 9.84 Å². The molecule has 1 saturated heterocycles. The van der Waals surface area contributed by atoms with E-state index in [1.165, 1.54) is 6.20 Å². The third-order valence-electron chi connectivity index (χ3n) is 4.72. The van der Waals surface area contributed by atoms with Gasteiger partial charge in [-0.2, -0.15) is 11.8 Å². The van der Waals surface area contributed by atoms with Crippen molar-refractivity contribution in [2.45, 2.75) is 9.79 Å². The van der Waals surface area contributed by atoms with E-state index in [9.17, 15) is 17.6 Å². The Hall–Kier alpha value is -2.16. The van der Waals surface area contributed by atoms with E-state index < -0.39 is 15.7 Å². The smallest absolute Gasteiger partial charge is 0.256 e. The van der Waals surface area contributed by atoms with Gasteiger partial charge in [-0.1, -0.05) is 29.8 Å². The normalized spacial score (nSPS) is 14.9. The molecule has 0 radical (unpaired) electrons. The van der Waals surface area contributed by atoms with Crippen LogP contribution in [0.2, 0.25) is 5.02 Å². The van der Waals surface area contributed by atoms with Crippen molar-refractivity contribution in [1.82, 2.24) is 9.88 Å². The van der Waals surface area contributed by atoms with Gasteiger partial charge in [-0.3, -0.25) is 9.78 Å². The quantitative estimate of drug-likeness (QED) is 0.563. The molecule has 0 aliphatic carbocycles. The summed E-state index contributed by atoms with van der Waals surface area (Å²) in [6, 6.07) is 9.93. The SMILES string of the molecule is O=C(c1cnc2ccccc2c1S(=O)(=O)c1ccc(F)c(Cl)c1)N1CCSCC1. The first kappa shape index (κ1) is 20.1. The fourth-order valence-corrected chi connectivity index (χ4v) is 6.05. The fraction of sp³-hybridized carbons (Fsp3) is 0.200. The van der Waals surface area contributed by atoms with Gasteiger partial charge >= 0.3 is 0 Å². The maximum Gasteiger partial charge on any atom is 0.256 e. The van der Waals surface area contributed by atoms with Crippen molar-refractivity contribution >= 4 is 50.0 Å². The Balaban J connectivity index is 1.95. The van der Waals surface area contributed by atoms with Gasteiger partial charge in [-0.25, -0.2) is 12.8 Å². The van der Waals surface area contributed by atoms with E-state index >= 15 is 0 Å². The second kappa shape index (κ2) is 7.93. The van der Waals surface area contributed by atoms with Crippen molar-refractivity contribution in [2.24, 2.45) is 0 Å². The van der Waals surface area contributed by atoms with Crippen LogP contribution in [0, 0.1) is 5.82 Å². The predicted octanol–water partition coefficient (Wildman–Crippen LogP) is 4.05. The van der Waals surface area contributed by atoms with Crippen molar-refractivity contribution in [3.05, 3.63) is 65.1 Å². The summed E-state index contributed by atoms with van der Waals surface area (Å²) < 4.78 is 40.7. The Bertz CT molecular complexity index is 1210. The molecule has 5 nitrogen and oxygen atoms in total. The van der Waals surface area contributed by atoms with Crippen LogP contribution in [0.3, 0.4) is 0 Å². The van der Waals surface area contributed by atoms with Gasteiger partial charge in [0.15, 0.2) is 0 Å². The number of hydrogen-bond acceptors (Lipinski definition) is 5. The Kier molecular flexibility index (Phi) is 5.50. The van der Waals surface area contributed by atoms with Crippen LogP contribution in [0.25, 0.3) is 10.9 Å². The number of aromatic nitrogens is 1. The molecule has 3 aromatic rings. The molecule has 4 rings (SSSR count). The molecule has 1 aliphatic heterocycles. The third-order valence-corrected chi connectivity index (χ3v) is 7.81. The lowest BCUT2D eigenvalue weighted by atomic mass is 10.1. The van der Waals surface area contributed by atoms with E-state index in [4.69, 9.17) is 11.6 Å². The number of halogens is 2. The zero-order chi connectivity index (χ0) is 20.6. The van der Waals surface area contributed by atoms with Crippen LogP contribution >= 0.6 is 23.4 Å². The van der Waals surface area contributed by atoms with Crippen molar-refractivity contribution in [1.29, 1.82) is 0 Å². The zero-order valence-electron chi connectivity index (χ0n) is 15.1. The van der Waals surface area contributed by atoms with Crippen molar-refractivity contribution in [2.75, 3.05) is 24.6 Å². The van der Waals surface area contributed by atoms with Gasteiger partial charge in [-0.15, -0.1) is 0 Å². The summed E-state index contributed by atoms with van der Waals surface area (Å²) in [5.41, 5.74) is 0.459. The van der Waals surface area contributed by atoms with E-state index in [0.717, 1.165) is 29.7 Å². The first-order valence-corrected chi connectivity index (χ1v) is 11.9. The Labute approximate surface area is 176 Å². The topological polar surface area (TPSA) is 67.3 Å². The number of pyridine rings is 1. The number of hydrogen-bond donors (Lipinski definition) is 0. The molecule has 1 amide bonds. The van der Waals surface area contributed by atoms with Crippen molar-refractivity contribution in [3.63, 3.8) is 0 Å². The molecule has 0 saturated carbocycles. The minimum Gasteiger partial charge on any atom is -0.337 e. The highest BCUT2D eigenvalue weighted by Crippen LogP contribution is 2.33. The van der Waals surface area contributed by atoms with Gasteiger partial charge in [0.1, 0.15) is 5.82 Å². The van der Waals surface area contributed by atoms with Crippen LogP contribution in [-0.4, -0.2) is 48.8 Å². The monoisotopic (exact) mass is 450 g/mol. The Morgan fingerprint density at radius 2 is 1.86 bits per heavy atom. The van der Waals surface area contributed by atoms with Gasteiger partial charge in [0.25, 0.3) is 5.91 Å². The number of carbonyl (C=O) groups excluding carboxylic acids is 1. The highest BCUT2D eigenvalue weighted by Gasteiger charge is 2.31. The summed E-state index contributed by atoms with van der Waals surface area (Å²) in [7, 11) is -4.16. The van der Waals surface area contributed by atoms with Gasteiger partial charge in [0.05, 0.1) is 25.9 Å². The number of benzene rings is 2. The molecule has 2 heterocycles. The molecule has 0 atom stereocenters. The molecule has 29 heavy (non-hydrogen) atoms. The van der Waals surface area contributed by atoms with Gasteiger partial charge < -0.3 is 4.90 Å². The van der Waals surface area contributed by atoms with Crippen molar-refractivity contribution in [3.8, 4) is 0 Å². The number of para-hydroxylation sites is 1. The molecule has 1 aromatic heterocycles. The first-order valence-electron chi connectivity index (χ1n) is 8.84. The number of amides is 1. The number of carbonyl (C=O) groups is 1. The standard InChI is InChI=1S/C20H16ClFN2O3S2/c21-16-11-13(5-6-17(16)22)29(26,27)19-14-3-1-2-4-18(14)23-12-15(19)20(25)24-7-9-28-10-8-24/h1-6,11-12H,7-10H2. The van der Waals surface area contributed by atoms with Gasteiger partial charge in [0.2, 0.25) is 9.84 Å². The Morgan fingerprint density at radius 3 is 2.59 bits per heavy atom. The number of sulfone groups is 1. The molecule has 0 spiro atoms. The van der Waals surface area contributed by atoms with E-state index in [-0.39, 0.29) is 26.3 Å². The summed E-state index contributed by atoms with van der Waals surface area (Å²) in [6.07, 6.45) is 1.31. The van der Waals surface area contributed by atoms with Crippen LogP contribution in [0.15, 0.2) is 58.5 Å². The van der Waals surface area contributed by atoms with Crippen LogP contribution in [0.4, 0.5) is 4.39 Å². The van der Waals surface area contributed by atoms with E-state index in [2.05, 4.69) is 4.98 Å². The molecule has 150 valence electrons. The molecule has 0 unspecified atom stereocenters. The van der Waals surface area contributed by atoms with Gasteiger partial charge in [-0.05, 0) is 24.3 Å². The Morgan fingerprint density at radius 1 is 1.14 bits per heavy atom. The number of thioether (sulfide) groups is 1. The number of nitrogens with zero attached hydrogens (tertiary/aromatic N) is 2. The first-order chi connectivity index (χ1) is 13.9. The second-order valence-electron chi connectivity index (χ2n) is 6.50. The van der Waals surface area contributed by atoms with Crippen LogP contribution in [0.5, 0.6) is 0 Å². The molecular formula is C20H16ClFN2O3S2. The highest BCUT2D eigenvalue weighted by atomic mass is 35.5. The molecule has 1 aliphatic rings. The lowest BCUT2D eigenvalue weighted by molar-refractivity contribution is 0.0768. The summed E-state index contributed by atoms with van der Waals surface area (Å²) in [4.78, 5) is 18.8. The second-order valence-corrected chi connectivity index (χ2v) is 10.0. The minimum absolute atomic E-state index is 0.0102. The number of fused-ring (bicyclic) bond motifs is 1. The van der Waals surface area contributed by atoms with Crippen LogP contribution < -0.4 is 0 Å². The molecule has 9 heteroatoms. The molecule has 2 aromatic carbocycles. The van der Waals surface area contributed by atoms with Crippen LogP contribution in [0.1, 0.15) is 10.4 Å². The highest BCUT2D eigenvalue weighted by molar-refractivity contribution is 7.99. The zero-order valence-corrected chi connectivity index (χ0v) is 17.5. The third kappa shape index (κ3) is 3.72. The average Bonchev–Trinajstić information content (AvgIpc) is 2.74. The molecule has 0 N–H and O–H groups in total. The van der Waals surface area contributed by atoms with E-state index in [0.29, 0.717) is 24.0 Å². The minimum atomic E-state index is -4.16.